The Morgan fingerprint density at radius 2 is 2.12 bits per heavy atom. The van der Waals surface area contributed by atoms with Crippen LogP contribution in [0.4, 0.5) is 0 Å². The van der Waals surface area contributed by atoms with Gasteiger partial charge in [-0.2, -0.15) is 0 Å². The molecule has 90 valence electrons. The lowest BCUT2D eigenvalue weighted by Crippen LogP contribution is -1.94. The van der Waals surface area contributed by atoms with Gasteiger partial charge in [0.05, 0.1) is 0 Å². The Kier molecular flexibility index (Phi) is 6.16. The molecular weight excluding hydrogens is 220 g/mol. The van der Waals surface area contributed by atoms with Crippen LogP contribution in [0.25, 0.3) is 0 Å². The number of carboxylic acids is 1. The second kappa shape index (κ2) is 7.44. The lowest BCUT2D eigenvalue weighted by Gasteiger charge is -2.08. The van der Waals surface area contributed by atoms with E-state index in [0.29, 0.717) is 12.3 Å². The van der Waals surface area contributed by atoms with Crippen LogP contribution in [0.2, 0.25) is 0 Å². The first kappa shape index (κ1) is 13.2. The first-order chi connectivity index (χ1) is 7.70. The van der Waals surface area contributed by atoms with Gasteiger partial charge in [-0.25, -0.2) is 0 Å². The summed E-state index contributed by atoms with van der Waals surface area (Å²) in [6.45, 7) is 2.27. The van der Waals surface area contributed by atoms with E-state index in [1.54, 1.807) is 0 Å². The Balaban J connectivity index is 2.01. The van der Waals surface area contributed by atoms with Gasteiger partial charge in [-0.05, 0) is 30.2 Å². The van der Waals surface area contributed by atoms with E-state index in [4.69, 9.17) is 5.11 Å². The Morgan fingerprint density at radius 3 is 2.75 bits per heavy atom. The molecular formula is C13H20O2S. The van der Waals surface area contributed by atoms with Gasteiger partial charge >= 0.3 is 5.97 Å². The van der Waals surface area contributed by atoms with Crippen molar-refractivity contribution in [1.82, 2.24) is 0 Å². The monoisotopic (exact) mass is 240 g/mol. The number of carboxylic acid groups (broad SMARTS) is 1. The third-order valence-electron chi connectivity index (χ3n) is 2.81. The maximum atomic E-state index is 10.3. The first-order valence-corrected chi connectivity index (χ1v) is 6.83. The third-order valence-corrected chi connectivity index (χ3v) is 3.91. The summed E-state index contributed by atoms with van der Waals surface area (Å²) in [5.74, 6) is -0.0218. The van der Waals surface area contributed by atoms with Crippen LogP contribution in [0, 0.1) is 0 Å². The van der Waals surface area contributed by atoms with Crippen LogP contribution in [0.15, 0.2) is 17.5 Å². The minimum absolute atomic E-state index is 0.320. The number of aliphatic carboxylic acids is 1. The normalized spacial score (nSPS) is 12.6. The highest BCUT2D eigenvalue weighted by atomic mass is 32.1. The Bertz CT molecular complexity index is 293. The fourth-order valence-electron chi connectivity index (χ4n) is 1.79. The van der Waals surface area contributed by atoms with Crippen LogP contribution in [0.3, 0.4) is 0 Å². The average molecular weight is 240 g/mol. The summed E-state index contributed by atoms with van der Waals surface area (Å²) in [5.41, 5.74) is 0. The lowest BCUT2D eigenvalue weighted by atomic mass is 10.0. The van der Waals surface area contributed by atoms with Crippen molar-refractivity contribution in [2.75, 3.05) is 0 Å². The molecule has 1 aromatic rings. The molecule has 0 fully saturated rings. The largest absolute Gasteiger partial charge is 0.481 e. The fraction of sp³-hybridized carbons (Fsp3) is 0.615. The van der Waals surface area contributed by atoms with Crippen molar-refractivity contribution in [3.05, 3.63) is 22.4 Å². The minimum atomic E-state index is -0.674. The fourth-order valence-corrected chi connectivity index (χ4v) is 2.62. The van der Waals surface area contributed by atoms with Gasteiger partial charge in [0.1, 0.15) is 0 Å². The Morgan fingerprint density at radius 1 is 1.38 bits per heavy atom. The molecule has 1 rings (SSSR count). The van der Waals surface area contributed by atoms with Gasteiger partial charge < -0.3 is 5.11 Å². The number of hydrogen-bond acceptors (Lipinski definition) is 2. The molecule has 0 spiro atoms. The molecule has 0 aromatic carbocycles. The molecule has 0 aliphatic rings. The molecule has 1 N–H and O–H groups in total. The smallest absolute Gasteiger partial charge is 0.303 e. The first-order valence-electron chi connectivity index (χ1n) is 5.95. The maximum absolute atomic E-state index is 10.3. The van der Waals surface area contributed by atoms with Crippen molar-refractivity contribution in [2.24, 2.45) is 0 Å². The molecule has 0 radical (unpaired) electrons. The summed E-state index contributed by atoms with van der Waals surface area (Å²) in [6.07, 6.45) is 5.77. The summed E-state index contributed by atoms with van der Waals surface area (Å²) in [4.78, 5) is 11.8. The van der Waals surface area contributed by atoms with E-state index in [-0.39, 0.29) is 0 Å². The quantitative estimate of drug-likeness (QED) is 0.689. The van der Waals surface area contributed by atoms with Crippen molar-refractivity contribution in [2.45, 2.75) is 51.4 Å². The van der Waals surface area contributed by atoms with Gasteiger partial charge in [-0.15, -0.1) is 11.3 Å². The minimum Gasteiger partial charge on any atom is -0.481 e. The van der Waals surface area contributed by atoms with Crippen LogP contribution < -0.4 is 0 Å². The average Bonchev–Trinajstić information content (AvgIpc) is 2.75. The molecule has 2 nitrogen and oxygen atoms in total. The van der Waals surface area contributed by atoms with Crippen molar-refractivity contribution >= 4 is 17.3 Å². The zero-order valence-corrected chi connectivity index (χ0v) is 10.6. The molecule has 3 heteroatoms. The molecule has 0 amide bonds. The molecule has 16 heavy (non-hydrogen) atoms. The standard InChI is InChI=1S/C13H20O2S/c1-11(12-8-6-10-16-12)7-4-2-3-5-9-13(14)15/h6,8,10-11H,2-5,7,9H2,1H3,(H,14,15). The van der Waals surface area contributed by atoms with E-state index in [2.05, 4.69) is 24.4 Å². The highest BCUT2D eigenvalue weighted by Crippen LogP contribution is 2.25. The van der Waals surface area contributed by atoms with E-state index in [9.17, 15) is 4.79 Å². The zero-order valence-electron chi connectivity index (χ0n) is 9.82. The van der Waals surface area contributed by atoms with Gasteiger partial charge in [0.25, 0.3) is 0 Å². The highest BCUT2D eigenvalue weighted by molar-refractivity contribution is 7.10. The van der Waals surface area contributed by atoms with Gasteiger partial charge in [-0.1, -0.05) is 32.3 Å². The number of thiophene rings is 1. The molecule has 0 aliphatic heterocycles. The number of carbonyl (C=O) groups is 1. The molecule has 0 bridgehead atoms. The van der Waals surface area contributed by atoms with E-state index in [0.717, 1.165) is 19.3 Å². The number of rotatable bonds is 8. The van der Waals surface area contributed by atoms with Crippen molar-refractivity contribution in [3.8, 4) is 0 Å². The predicted molar refractivity (Wildman–Crippen MR) is 68.1 cm³/mol. The van der Waals surface area contributed by atoms with Crippen molar-refractivity contribution < 1.29 is 9.90 Å². The molecule has 0 aliphatic carbocycles. The summed E-state index contributed by atoms with van der Waals surface area (Å²) < 4.78 is 0. The molecule has 1 atom stereocenters. The van der Waals surface area contributed by atoms with Crippen LogP contribution >= 0.6 is 11.3 Å². The maximum Gasteiger partial charge on any atom is 0.303 e. The van der Waals surface area contributed by atoms with Crippen LogP contribution in [0.1, 0.15) is 56.2 Å². The Labute approximate surface area is 101 Å². The zero-order chi connectivity index (χ0) is 11.8. The lowest BCUT2D eigenvalue weighted by molar-refractivity contribution is -0.137. The summed E-state index contributed by atoms with van der Waals surface area (Å²) in [5, 5.41) is 10.6. The second-order valence-corrected chi connectivity index (χ2v) is 5.24. The number of unbranched alkanes of at least 4 members (excludes halogenated alkanes) is 3. The third kappa shape index (κ3) is 5.31. The van der Waals surface area contributed by atoms with E-state index in [1.807, 2.05) is 11.3 Å². The van der Waals surface area contributed by atoms with E-state index >= 15 is 0 Å². The number of hydrogen-bond donors (Lipinski definition) is 1. The molecule has 1 aromatic heterocycles. The second-order valence-electron chi connectivity index (χ2n) is 4.26. The van der Waals surface area contributed by atoms with E-state index < -0.39 is 5.97 Å². The molecule has 1 unspecified atom stereocenters. The summed E-state index contributed by atoms with van der Waals surface area (Å²) in [7, 11) is 0. The van der Waals surface area contributed by atoms with Gasteiger partial charge in [0, 0.05) is 11.3 Å². The van der Waals surface area contributed by atoms with Crippen LogP contribution in [-0.4, -0.2) is 11.1 Å². The topological polar surface area (TPSA) is 37.3 Å². The predicted octanol–water partition coefficient (Wildman–Crippen LogP) is 4.28. The van der Waals surface area contributed by atoms with Crippen molar-refractivity contribution in [1.29, 1.82) is 0 Å². The van der Waals surface area contributed by atoms with Crippen LogP contribution in [-0.2, 0) is 4.79 Å². The summed E-state index contributed by atoms with van der Waals surface area (Å²) >= 11 is 1.83. The van der Waals surface area contributed by atoms with Gasteiger partial charge in [0.2, 0.25) is 0 Å². The highest BCUT2D eigenvalue weighted by Gasteiger charge is 2.05. The van der Waals surface area contributed by atoms with E-state index in [1.165, 1.54) is 17.7 Å². The molecule has 1 heterocycles. The molecule has 0 saturated carbocycles. The Hall–Kier alpha value is -0.830. The summed E-state index contributed by atoms with van der Waals surface area (Å²) in [6, 6.07) is 4.29. The van der Waals surface area contributed by atoms with Crippen LogP contribution in [0.5, 0.6) is 0 Å². The van der Waals surface area contributed by atoms with Crippen molar-refractivity contribution in [3.63, 3.8) is 0 Å². The van der Waals surface area contributed by atoms with Gasteiger partial charge in [-0.3, -0.25) is 4.79 Å². The SMILES string of the molecule is CC(CCCCCCC(=O)O)c1cccs1. The van der Waals surface area contributed by atoms with Gasteiger partial charge in [0.15, 0.2) is 0 Å². The molecule has 0 saturated heterocycles.